The summed E-state index contributed by atoms with van der Waals surface area (Å²) in [6, 6.07) is 9.63. The summed E-state index contributed by atoms with van der Waals surface area (Å²) in [7, 11) is 4.03. The second kappa shape index (κ2) is 9.62. The van der Waals surface area contributed by atoms with Gasteiger partial charge in [0.1, 0.15) is 0 Å². The predicted octanol–water partition coefficient (Wildman–Crippen LogP) is 2.53. The number of ether oxygens (including phenoxy) is 3. The van der Waals surface area contributed by atoms with Crippen molar-refractivity contribution >= 4 is 21.6 Å². The van der Waals surface area contributed by atoms with Crippen LogP contribution >= 0.6 is 0 Å². The summed E-state index contributed by atoms with van der Waals surface area (Å²) in [5.41, 5.74) is 1.33. The number of methoxy groups -OCH3 is 3. The molecule has 2 aromatic carbocycles. The smallest absolute Gasteiger partial charge is 0.242 e. The first-order chi connectivity index (χ1) is 13.7. The van der Waals surface area contributed by atoms with Gasteiger partial charge in [0.05, 0.1) is 26.2 Å². The van der Waals surface area contributed by atoms with Gasteiger partial charge in [-0.05, 0) is 42.3 Å². The number of anilines is 1. The third-order valence-electron chi connectivity index (χ3n) is 4.32. The minimum atomic E-state index is -3.50. The number of nitrogens with zero attached hydrogens (tertiary/aromatic N) is 1. The lowest BCUT2D eigenvalue weighted by atomic mass is 10.1. The molecule has 0 unspecified atom stereocenters. The number of rotatable bonds is 9. The van der Waals surface area contributed by atoms with Crippen molar-refractivity contribution in [2.45, 2.75) is 17.7 Å². The first kappa shape index (κ1) is 22.5. The SMILES string of the molecule is COc1ccc(CCC(=O)Nc2ccc(S(=O)(=O)N(C)C)cc2)c(OC)c1OC. The standard InChI is InChI=1S/C20H26N2O6S/c1-22(2)29(24,25)16-10-8-15(9-11-16)21-18(23)13-7-14-6-12-17(26-3)20(28-5)19(14)27-4/h6,8-12H,7,13H2,1-5H3,(H,21,23). The molecule has 8 nitrogen and oxygen atoms in total. The molecule has 29 heavy (non-hydrogen) atoms. The van der Waals surface area contributed by atoms with Gasteiger partial charge >= 0.3 is 0 Å². The molecule has 9 heteroatoms. The second-order valence-corrected chi connectivity index (χ2v) is 8.51. The zero-order valence-corrected chi connectivity index (χ0v) is 18.0. The van der Waals surface area contributed by atoms with Gasteiger partial charge in [0, 0.05) is 26.2 Å². The lowest BCUT2D eigenvalue weighted by Crippen LogP contribution is -2.22. The van der Waals surface area contributed by atoms with Gasteiger partial charge in [-0.25, -0.2) is 12.7 Å². The van der Waals surface area contributed by atoms with Crippen molar-refractivity contribution < 1.29 is 27.4 Å². The fourth-order valence-electron chi connectivity index (χ4n) is 2.75. The summed E-state index contributed by atoms with van der Waals surface area (Å²) in [6.07, 6.45) is 0.645. The van der Waals surface area contributed by atoms with Crippen LogP contribution in [0.5, 0.6) is 17.2 Å². The molecule has 0 aliphatic carbocycles. The summed E-state index contributed by atoms with van der Waals surface area (Å²) >= 11 is 0. The molecule has 1 N–H and O–H groups in total. The zero-order valence-electron chi connectivity index (χ0n) is 17.2. The number of amides is 1. The van der Waals surface area contributed by atoms with Gasteiger partial charge in [0.2, 0.25) is 21.7 Å². The van der Waals surface area contributed by atoms with Crippen molar-refractivity contribution in [2.24, 2.45) is 0 Å². The van der Waals surface area contributed by atoms with Crippen molar-refractivity contribution in [1.82, 2.24) is 4.31 Å². The van der Waals surface area contributed by atoms with E-state index in [4.69, 9.17) is 14.2 Å². The van der Waals surface area contributed by atoms with Crippen LogP contribution < -0.4 is 19.5 Å². The number of hydrogen-bond acceptors (Lipinski definition) is 6. The van der Waals surface area contributed by atoms with Crippen molar-refractivity contribution in [3.63, 3.8) is 0 Å². The maximum atomic E-state index is 12.3. The van der Waals surface area contributed by atoms with Crippen molar-refractivity contribution in [1.29, 1.82) is 0 Å². The monoisotopic (exact) mass is 422 g/mol. The highest BCUT2D eigenvalue weighted by Gasteiger charge is 2.18. The van der Waals surface area contributed by atoms with Crippen LogP contribution in [0.2, 0.25) is 0 Å². The summed E-state index contributed by atoms with van der Waals surface area (Å²) in [5.74, 6) is 1.35. The Hall–Kier alpha value is -2.78. The number of carbonyl (C=O) groups excluding carboxylic acids is 1. The van der Waals surface area contributed by atoms with Gasteiger partial charge in [-0.3, -0.25) is 4.79 Å². The average molecular weight is 423 g/mol. The number of aryl methyl sites for hydroxylation is 1. The molecule has 0 aromatic heterocycles. The van der Waals surface area contributed by atoms with E-state index in [9.17, 15) is 13.2 Å². The van der Waals surface area contributed by atoms with E-state index in [2.05, 4.69) is 5.32 Å². The van der Waals surface area contributed by atoms with E-state index >= 15 is 0 Å². The van der Waals surface area contributed by atoms with Gasteiger partial charge in [0.25, 0.3) is 0 Å². The fraction of sp³-hybridized carbons (Fsp3) is 0.350. The van der Waals surface area contributed by atoms with Crippen LogP contribution in [-0.4, -0.2) is 54.1 Å². The molecule has 0 aliphatic heterocycles. The molecule has 0 spiro atoms. The second-order valence-electron chi connectivity index (χ2n) is 6.35. The van der Waals surface area contributed by atoms with Gasteiger partial charge < -0.3 is 19.5 Å². The van der Waals surface area contributed by atoms with Crippen LogP contribution in [0.4, 0.5) is 5.69 Å². The molecule has 0 saturated heterocycles. The summed E-state index contributed by atoms with van der Waals surface area (Å²) in [5, 5.41) is 2.76. The van der Waals surface area contributed by atoms with E-state index in [0.29, 0.717) is 29.4 Å². The third-order valence-corrected chi connectivity index (χ3v) is 6.15. The Kier molecular flexibility index (Phi) is 7.46. The predicted molar refractivity (Wildman–Crippen MR) is 110 cm³/mol. The minimum absolute atomic E-state index is 0.163. The Balaban J connectivity index is 2.06. The average Bonchev–Trinajstić information content (AvgIpc) is 2.71. The molecule has 158 valence electrons. The van der Waals surface area contributed by atoms with Crippen LogP contribution in [0.1, 0.15) is 12.0 Å². The molecule has 0 radical (unpaired) electrons. The summed E-state index contributed by atoms with van der Waals surface area (Å²) in [4.78, 5) is 12.5. The normalized spacial score (nSPS) is 11.2. The number of nitrogens with one attached hydrogen (secondary N) is 1. The highest BCUT2D eigenvalue weighted by molar-refractivity contribution is 7.89. The van der Waals surface area contributed by atoms with E-state index in [1.165, 1.54) is 40.4 Å². The Bertz CT molecular complexity index is 956. The van der Waals surface area contributed by atoms with Gasteiger partial charge in [-0.15, -0.1) is 0 Å². The van der Waals surface area contributed by atoms with Crippen LogP contribution in [0.25, 0.3) is 0 Å². The van der Waals surface area contributed by atoms with Crippen molar-refractivity contribution in [3.8, 4) is 17.2 Å². The zero-order chi connectivity index (χ0) is 21.6. The molecule has 0 saturated carbocycles. The fourth-order valence-corrected chi connectivity index (χ4v) is 3.65. The quantitative estimate of drug-likeness (QED) is 0.667. The van der Waals surface area contributed by atoms with E-state index in [1.807, 2.05) is 6.07 Å². The molecular formula is C20H26N2O6S. The van der Waals surface area contributed by atoms with E-state index < -0.39 is 10.0 Å². The summed E-state index contributed by atoms with van der Waals surface area (Å²) < 4.78 is 41.4. The third kappa shape index (κ3) is 5.18. The molecule has 0 atom stereocenters. The largest absolute Gasteiger partial charge is 0.493 e. The highest BCUT2D eigenvalue weighted by Crippen LogP contribution is 2.40. The van der Waals surface area contributed by atoms with Crippen molar-refractivity contribution in [2.75, 3.05) is 40.7 Å². The van der Waals surface area contributed by atoms with E-state index in [0.717, 1.165) is 9.87 Å². The Morgan fingerprint density at radius 2 is 1.55 bits per heavy atom. The number of sulfonamides is 1. The molecule has 2 aromatic rings. The number of benzene rings is 2. The topological polar surface area (TPSA) is 94.2 Å². The van der Waals surface area contributed by atoms with Crippen molar-refractivity contribution in [3.05, 3.63) is 42.0 Å². The lowest BCUT2D eigenvalue weighted by Gasteiger charge is -2.15. The minimum Gasteiger partial charge on any atom is -0.493 e. The van der Waals surface area contributed by atoms with Crippen LogP contribution in [0.15, 0.2) is 41.3 Å². The van der Waals surface area contributed by atoms with Gasteiger partial charge in [0.15, 0.2) is 11.5 Å². The van der Waals surface area contributed by atoms with Crippen LogP contribution in [0, 0.1) is 0 Å². The molecule has 0 bridgehead atoms. The number of carbonyl (C=O) groups is 1. The first-order valence-corrected chi connectivity index (χ1v) is 10.3. The van der Waals surface area contributed by atoms with Crippen LogP contribution in [-0.2, 0) is 21.2 Å². The highest BCUT2D eigenvalue weighted by atomic mass is 32.2. The first-order valence-electron chi connectivity index (χ1n) is 8.84. The maximum absolute atomic E-state index is 12.3. The Morgan fingerprint density at radius 3 is 2.07 bits per heavy atom. The van der Waals surface area contributed by atoms with Gasteiger partial charge in [-0.1, -0.05) is 6.07 Å². The van der Waals surface area contributed by atoms with E-state index in [1.54, 1.807) is 25.3 Å². The Labute approximate surface area is 171 Å². The molecular weight excluding hydrogens is 396 g/mol. The van der Waals surface area contributed by atoms with E-state index in [-0.39, 0.29) is 17.2 Å². The molecule has 2 rings (SSSR count). The summed E-state index contributed by atoms with van der Waals surface area (Å²) in [6.45, 7) is 0. The molecule has 0 heterocycles. The van der Waals surface area contributed by atoms with Crippen LogP contribution in [0.3, 0.4) is 0 Å². The Morgan fingerprint density at radius 1 is 0.931 bits per heavy atom. The maximum Gasteiger partial charge on any atom is 0.242 e. The van der Waals surface area contributed by atoms with Gasteiger partial charge in [-0.2, -0.15) is 0 Å². The molecule has 1 amide bonds. The molecule has 0 fully saturated rings. The lowest BCUT2D eigenvalue weighted by molar-refractivity contribution is -0.116. The number of hydrogen-bond donors (Lipinski definition) is 1. The molecule has 0 aliphatic rings.